The summed E-state index contributed by atoms with van der Waals surface area (Å²) in [5.74, 6) is 0.269. The van der Waals surface area contributed by atoms with Gasteiger partial charge in [0.15, 0.2) is 0 Å². The first-order valence-electron chi connectivity index (χ1n) is 8.65. The second-order valence-electron chi connectivity index (χ2n) is 6.60. The van der Waals surface area contributed by atoms with Crippen LogP contribution in [-0.2, 0) is 11.2 Å². The molecule has 1 aliphatic rings. The second-order valence-corrected chi connectivity index (χ2v) is 6.60. The Morgan fingerprint density at radius 1 is 1.20 bits per heavy atom. The Labute approximate surface area is 145 Å². The van der Waals surface area contributed by atoms with Crippen molar-refractivity contribution in [2.45, 2.75) is 25.2 Å². The molecule has 1 saturated heterocycles. The minimum Gasteiger partial charge on any atom is -0.360 e. The fourth-order valence-corrected chi connectivity index (χ4v) is 3.62. The molecule has 0 radical (unpaired) electrons. The molecule has 1 fully saturated rings. The summed E-state index contributed by atoms with van der Waals surface area (Å²) in [4.78, 5) is 22.2. The van der Waals surface area contributed by atoms with Crippen molar-refractivity contribution in [3.05, 3.63) is 65.7 Å². The van der Waals surface area contributed by atoms with Crippen LogP contribution >= 0.6 is 0 Å². The maximum absolute atomic E-state index is 13.0. The summed E-state index contributed by atoms with van der Waals surface area (Å²) in [5, 5.41) is 0. The maximum Gasteiger partial charge on any atom is 0.226 e. The van der Waals surface area contributed by atoms with Crippen molar-refractivity contribution in [1.82, 2.24) is 14.9 Å². The Kier molecular flexibility index (Phi) is 4.22. The van der Waals surface area contributed by atoms with Crippen LogP contribution < -0.4 is 0 Å². The highest BCUT2D eigenvalue weighted by molar-refractivity contribution is 5.80. The first-order chi connectivity index (χ1) is 12.2. The minimum absolute atomic E-state index is 0.113. The van der Waals surface area contributed by atoms with Crippen LogP contribution in [0.2, 0.25) is 0 Å². The molecule has 3 heterocycles. The molecule has 1 N–H and O–H groups in total. The number of hydrogen-bond donors (Lipinski definition) is 1. The number of hydrogen-bond acceptors (Lipinski definition) is 2. The summed E-state index contributed by atoms with van der Waals surface area (Å²) >= 11 is 0. The molecular weight excluding hydrogens is 317 g/mol. The van der Waals surface area contributed by atoms with Crippen molar-refractivity contribution in [2.24, 2.45) is 0 Å². The summed E-state index contributed by atoms with van der Waals surface area (Å²) in [6.45, 7) is 1.51. The van der Waals surface area contributed by atoms with E-state index in [-0.39, 0.29) is 11.7 Å². The predicted molar refractivity (Wildman–Crippen MR) is 94.8 cm³/mol. The van der Waals surface area contributed by atoms with Gasteiger partial charge in [-0.15, -0.1) is 0 Å². The first-order valence-corrected chi connectivity index (χ1v) is 8.65. The van der Waals surface area contributed by atoms with Crippen LogP contribution in [0.15, 0.2) is 48.8 Å². The third kappa shape index (κ3) is 3.27. The molecule has 1 aromatic carbocycles. The van der Waals surface area contributed by atoms with Crippen LogP contribution in [0.3, 0.4) is 0 Å². The van der Waals surface area contributed by atoms with Crippen molar-refractivity contribution < 1.29 is 9.18 Å². The first kappa shape index (κ1) is 15.8. The zero-order valence-corrected chi connectivity index (χ0v) is 13.9. The Bertz CT molecular complexity index is 879. The lowest BCUT2D eigenvalue weighted by molar-refractivity contribution is -0.131. The van der Waals surface area contributed by atoms with E-state index in [1.807, 2.05) is 23.2 Å². The van der Waals surface area contributed by atoms with Gasteiger partial charge in [-0.3, -0.25) is 9.78 Å². The van der Waals surface area contributed by atoms with E-state index in [0.717, 1.165) is 42.5 Å². The van der Waals surface area contributed by atoms with E-state index in [2.05, 4.69) is 16.2 Å². The summed E-state index contributed by atoms with van der Waals surface area (Å²) in [6, 6.07) is 10.1. The number of rotatable bonds is 3. The molecule has 0 unspecified atom stereocenters. The molecule has 0 atom stereocenters. The van der Waals surface area contributed by atoms with Gasteiger partial charge in [0.2, 0.25) is 5.91 Å². The zero-order chi connectivity index (χ0) is 17.2. The quantitative estimate of drug-likeness (QED) is 0.793. The van der Waals surface area contributed by atoms with Gasteiger partial charge in [-0.05, 0) is 54.2 Å². The SMILES string of the molecule is O=C(Cc1ccc(F)cc1)N1CCC(c2c[nH]c3cccnc23)CC1. The lowest BCUT2D eigenvalue weighted by Crippen LogP contribution is -2.38. The standard InChI is InChI=1S/C20H20FN3O/c21-16-5-3-14(4-6-16)12-19(25)24-10-7-15(8-11-24)17-13-23-18-2-1-9-22-20(17)18/h1-6,9,13,15,23H,7-8,10-12H2. The number of piperidine rings is 1. The number of fused-ring (bicyclic) bond motifs is 1. The summed E-state index contributed by atoms with van der Waals surface area (Å²) in [5.41, 5.74) is 4.21. The summed E-state index contributed by atoms with van der Waals surface area (Å²) in [7, 11) is 0. The number of halogens is 1. The van der Waals surface area contributed by atoms with Gasteiger partial charge < -0.3 is 9.88 Å². The number of nitrogens with zero attached hydrogens (tertiary/aromatic N) is 2. The normalized spacial score (nSPS) is 15.6. The number of aromatic nitrogens is 2. The molecule has 0 spiro atoms. The Morgan fingerprint density at radius 2 is 1.96 bits per heavy atom. The highest BCUT2D eigenvalue weighted by Crippen LogP contribution is 2.32. The van der Waals surface area contributed by atoms with Crippen LogP contribution in [-0.4, -0.2) is 33.9 Å². The van der Waals surface area contributed by atoms with E-state index < -0.39 is 0 Å². The topological polar surface area (TPSA) is 49.0 Å². The molecule has 4 rings (SSSR count). The third-order valence-corrected chi connectivity index (χ3v) is 5.02. The number of pyridine rings is 1. The number of carbonyl (C=O) groups excluding carboxylic acids is 1. The van der Waals surface area contributed by atoms with E-state index in [9.17, 15) is 9.18 Å². The van der Waals surface area contributed by atoms with E-state index in [4.69, 9.17) is 0 Å². The molecule has 25 heavy (non-hydrogen) atoms. The van der Waals surface area contributed by atoms with Crippen molar-refractivity contribution >= 4 is 16.9 Å². The molecule has 2 aromatic heterocycles. The molecule has 0 bridgehead atoms. The lowest BCUT2D eigenvalue weighted by atomic mass is 9.90. The molecule has 128 valence electrons. The zero-order valence-electron chi connectivity index (χ0n) is 13.9. The van der Waals surface area contributed by atoms with E-state index in [1.54, 1.807) is 12.1 Å². The van der Waals surface area contributed by atoms with E-state index >= 15 is 0 Å². The van der Waals surface area contributed by atoms with Gasteiger partial charge in [-0.1, -0.05) is 12.1 Å². The molecule has 3 aromatic rings. The van der Waals surface area contributed by atoms with Gasteiger partial charge in [0, 0.05) is 25.5 Å². The molecule has 0 aliphatic carbocycles. The molecule has 4 nitrogen and oxygen atoms in total. The van der Waals surface area contributed by atoms with Gasteiger partial charge in [0.25, 0.3) is 0 Å². The van der Waals surface area contributed by atoms with Crippen LogP contribution in [0.25, 0.3) is 11.0 Å². The highest BCUT2D eigenvalue weighted by Gasteiger charge is 2.25. The lowest BCUT2D eigenvalue weighted by Gasteiger charge is -2.32. The molecule has 0 saturated carbocycles. The molecule has 1 amide bonds. The van der Waals surface area contributed by atoms with Crippen LogP contribution in [0.1, 0.15) is 29.9 Å². The van der Waals surface area contributed by atoms with E-state index in [1.165, 1.54) is 17.7 Å². The second kappa shape index (κ2) is 6.67. The smallest absolute Gasteiger partial charge is 0.226 e. The van der Waals surface area contributed by atoms with Crippen LogP contribution in [0.4, 0.5) is 4.39 Å². The van der Waals surface area contributed by atoms with Gasteiger partial charge in [0.05, 0.1) is 17.5 Å². The average Bonchev–Trinajstić information content (AvgIpc) is 3.08. The summed E-state index contributed by atoms with van der Waals surface area (Å²) < 4.78 is 13.0. The fourth-order valence-electron chi connectivity index (χ4n) is 3.62. The number of carbonyl (C=O) groups is 1. The molecule has 1 aliphatic heterocycles. The minimum atomic E-state index is -0.274. The highest BCUT2D eigenvalue weighted by atomic mass is 19.1. The number of amides is 1. The monoisotopic (exact) mass is 337 g/mol. The van der Waals surface area contributed by atoms with E-state index in [0.29, 0.717) is 12.3 Å². The number of likely N-dealkylation sites (tertiary alicyclic amines) is 1. The molecule has 5 heteroatoms. The van der Waals surface area contributed by atoms with Gasteiger partial charge in [-0.25, -0.2) is 4.39 Å². The summed E-state index contributed by atoms with van der Waals surface area (Å²) in [6.07, 6.45) is 6.09. The number of nitrogens with one attached hydrogen (secondary N) is 1. The van der Waals surface area contributed by atoms with Crippen molar-refractivity contribution in [3.8, 4) is 0 Å². The number of aromatic amines is 1. The van der Waals surface area contributed by atoms with Crippen molar-refractivity contribution in [3.63, 3.8) is 0 Å². The van der Waals surface area contributed by atoms with Gasteiger partial charge in [0.1, 0.15) is 5.82 Å². The average molecular weight is 337 g/mol. The predicted octanol–water partition coefficient (Wildman–Crippen LogP) is 3.65. The largest absolute Gasteiger partial charge is 0.360 e. The van der Waals surface area contributed by atoms with Crippen LogP contribution in [0, 0.1) is 5.82 Å². The Morgan fingerprint density at radius 3 is 2.72 bits per heavy atom. The maximum atomic E-state index is 13.0. The Balaban J connectivity index is 1.39. The molecular formula is C20H20FN3O. The fraction of sp³-hybridized carbons (Fsp3) is 0.300. The number of benzene rings is 1. The van der Waals surface area contributed by atoms with Gasteiger partial charge in [-0.2, -0.15) is 0 Å². The van der Waals surface area contributed by atoms with Crippen molar-refractivity contribution in [1.29, 1.82) is 0 Å². The van der Waals surface area contributed by atoms with Crippen LogP contribution in [0.5, 0.6) is 0 Å². The Hall–Kier alpha value is -2.69. The van der Waals surface area contributed by atoms with Crippen molar-refractivity contribution in [2.75, 3.05) is 13.1 Å². The number of H-pyrrole nitrogens is 1. The van der Waals surface area contributed by atoms with Gasteiger partial charge >= 0.3 is 0 Å². The third-order valence-electron chi connectivity index (χ3n) is 5.02.